The maximum absolute atomic E-state index is 12.3. The third-order valence-electron chi connectivity index (χ3n) is 2.60. The summed E-state index contributed by atoms with van der Waals surface area (Å²) >= 11 is 6.09. The fraction of sp³-hybridized carbons (Fsp3) is 0.500. The number of hydrogen-bond donors (Lipinski definition) is 1. The Bertz CT molecular complexity index is 438. The molecule has 0 aliphatic rings. The Labute approximate surface area is 113 Å². The molecular formula is C14H20ClNO2. The standard InChI is InChI=1S/C14H20ClNO2/c1-5-16(9-14(3,4)18)13(17)11-7-6-10(2)8-12(11)15/h6-8,18H,5,9H2,1-4H3. The Hall–Kier alpha value is -1.06. The van der Waals surface area contributed by atoms with E-state index in [0.29, 0.717) is 17.1 Å². The van der Waals surface area contributed by atoms with Crippen molar-refractivity contribution in [3.63, 3.8) is 0 Å². The van der Waals surface area contributed by atoms with Gasteiger partial charge in [0.15, 0.2) is 0 Å². The van der Waals surface area contributed by atoms with Crippen molar-refractivity contribution in [2.24, 2.45) is 0 Å². The fourth-order valence-electron chi connectivity index (χ4n) is 1.76. The van der Waals surface area contributed by atoms with Crippen LogP contribution in [0.1, 0.15) is 36.7 Å². The van der Waals surface area contributed by atoms with Crippen LogP contribution in [0, 0.1) is 6.92 Å². The van der Waals surface area contributed by atoms with Crippen LogP contribution >= 0.6 is 11.6 Å². The van der Waals surface area contributed by atoms with Crippen molar-refractivity contribution in [2.75, 3.05) is 13.1 Å². The summed E-state index contributed by atoms with van der Waals surface area (Å²) in [6, 6.07) is 5.36. The van der Waals surface area contributed by atoms with Gasteiger partial charge < -0.3 is 10.0 Å². The Balaban J connectivity index is 2.97. The number of aryl methyl sites for hydroxylation is 1. The Kier molecular flexibility index (Phi) is 4.77. The van der Waals surface area contributed by atoms with Crippen molar-refractivity contribution in [2.45, 2.75) is 33.3 Å². The molecule has 0 heterocycles. The zero-order valence-electron chi connectivity index (χ0n) is 11.3. The van der Waals surface area contributed by atoms with Gasteiger partial charge in [0.2, 0.25) is 0 Å². The highest BCUT2D eigenvalue weighted by molar-refractivity contribution is 6.33. The molecule has 0 aliphatic carbocycles. The highest BCUT2D eigenvalue weighted by atomic mass is 35.5. The van der Waals surface area contributed by atoms with Crippen LogP contribution in [0.3, 0.4) is 0 Å². The van der Waals surface area contributed by atoms with E-state index < -0.39 is 5.60 Å². The Morgan fingerprint density at radius 3 is 2.50 bits per heavy atom. The van der Waals surface area contributed by atoms with E-state index in [2.05, 4.69) is 0 Å². The lowest BCUT2D eigenvalue weighted by Crippen LogP contribution is -2.42. The predicted molar refractivity (Wildman–Crippen MR) is 74.1 cm³/mol. The van der Waals surface area contributed by atoms with Gasteiger partial charge in [0.25, 0.3) is 5.91 Å². The van der Waals surface area contributed by atoms with Gasteiger partial charge in [0, 0.05) is 13.1 Å². The van der Waals surface area contributed by atoms with Crippen molar-refractivity contribution in [1.29, 1.82) is 0 Å². The lowest BCUT2D eigenvalue weighted by molar-refractivity contribution is 0.0315. The van der Waals surface area contributed by atoms with Crippen LogP contribution in [0.2, 0.25) is 5.02 Å². The minimum absolute atomic E-state index is 0.148. The van der Waals surface area contributed by atoms with Crippen LogP contribution in [0.5, 0.6) is 0 Å². The third-order valence-corrected chi connectivity index (χ3v) is 2.91. The van der Waals surface area contributed by atoms with Crippen molar-refractivity contribution in [3.8, 4) is 0 Å². The minimum atomic E-state index is -0.914. The summed E-state index contributed by atoms with van der Waals surface area (Å²) in [5, 5.41) is 10.3. The van der Waals surface area contributed by atoms with E-state index in [-0.39, 0.29) is 12.5 Å². The van der Waals surface area contributed by atoms with Crippen molar-refractivity contribution in [3.05, 3.63) is 34.3 Å². The number of hydrogen-bond acceptors (Lipinski definition) is 2. The molecule has 0 saturated heterocycles. The first kappa shape index (κ1) is 15.0. The molecule has 1 aromatic carbocycles. The fourth-order valence-corrected chi connectivity index (χ4v) is 2.07. The second-order valence-corrected chi connectivity index (χ2v) is 5.52. The number of rotatable bonds is 4. The van der Waals surface area contributed by atoms with E-state index in [1.54, 1.807) is 30.9 Å². The molecule has 1 N–H and O–H groups in total. The van der Waals surface area contributed by atoms with E-state index in [1.807, 2.05) is 19.9 Å². The monoisotopic (exact) mass is 269 g/mol. The molecule has 100 valence electrons. The van der Waals surface area contributed by atoms with E-state index in [4.69, 9.17) is 11.6 Å². The summed E-state index contributed by atoms with van der Waals surface area (Å²) in [5.41, 5.74) is 0.582. The highest BCUT2D eigenvalue weighted by Gasteiger charge is 2.23. The summed E-state index contributed by atoms with van der Waals surface area (Å²) in [7, 11) is 0. The molecule has 0 bridgehead atoms. The second-order valence-electron chi connectivity index (χ2n) is 5.12. The summed E-state index contributed by atoms with van der Waals surface area (Å²) < 4.78 is 0. The molecule has 1 amide bonds. The first-order chi connectivity index (χ1) is 8.24. The summed E-state index contributed by atoms with van der Waals surface area (Å²) in [6.45, 7) is 7.99. The number of carbonyl (C=O) groups is 1. The van der Waals surface area contributed by atoms with E-state index in [1.165, 1.54) is 0 Å². The molecule has 18 heavy (non-hydrogen) atoms. The highest BCUT2D eigenvalue weighted by Crippen LogP contribution is 2.20. The van der Waals surface area contributed by atoms with Gasteiger partial charge in [-0.25, -0.2) is 0 Å². The molecule has 0 saturated carbocycles. The molecule has 0 radical (unpaired) electrons. The first-order valence-electron chi connectivity index (χ1n) is 6.02. The van der Waals surface area contributed by atoms with Crippen LogP contribution in [-0.4, -0.2) is 34.6 Å². The predicted octanol–water partition coefficient (Wildman–Crippen LogP) is 2.88. The number of amides is 1. The van der Waals surface area contributed by atoms with Crippen LogP contribution in [0.25, 0.3) is 0 Å². The number of carbonyl (C=O) groups excluding carboxylic acids is 1. The average molecular weight is 270 g/mol. The van der Waals surface area contributed by atoms with Crippen LogP contribution in [-0.2, 0) is 0 Å². The van der Waals surface area contributed by atoms with Gasteiger partial charge in [-0.05, 0) is 45.4 Å². The lowest BCUT2D eigenvalue weighted by Gasteiger charge is -2.28. The zero-order valence-corrected chi connectivity index (χ0v) is 12.1. The molecule has 1 rings (SSSR count). The smallest absolute Gasteiger partial charge is 0.255 e. The molecule has 0 spiro atoms. The number of nitrogens with zero attached hydrogens (tertiary/aromatic N) is 1. The Morgan fingerprint density at radius 1 is 1.44 bits per heavy atom. The summed E-state index contributed by atoms with van der Waals surface area (Å²) in [4.78, 5) is 13.9. The molecular weight excluding hydrogens is 250 g/mol. The largest absolute Gasteiger partial charge is 0.389 e. The zero-order chi connectivity index (χ0) is 13.9. The molecule has 1 aromatic rings. The molecule has 0 atom stereocenters. The van der Waals surface area contributed by atoms with Gasteiger partial charge in [-0.2, -0.15) is 0 Å². The normalized spacial score (nSPS) is 11.4. The van der Waals surface area contributed by atoms with Crippen LogP contribution in [0.15, 0.2) is 18.2 Å². The van der Waals surface area contributed by atoms with E-state index in [9.17, 15) is 9.90 Å². The average Bonchev–Trinajstić information content (AvgIpc) is 2.24. The molecule has 3 nitrogen and oxygen atoms in total. The second kappa shape index (κ2) is 5.72. The number of likely N-dealkylation sites (N-methyl/N-ethyl adjacent to an activating group) is 1. The van der Waals surface area contributed by atoms with E-state index >= 15 is 0 Å². The Morgan fingerprint density at radius 2 is 2.06 bits per heavy atom. The van der Waals surface area contributed by atoms with Crippen LogP contribution in [0.4, 0.5) is 0 Å². The van der Waals surface area contributed by atoms with Crippen molar-refractivity contribution < 1.29 is 9.90 Å². The van der Waals surface area contributed by atoms with Gasteiger partial charge in [-0.1, -0.05) is 17.7 Å². The molecule has 0 aliphatic heterocycles. The van der Waals surface area contributed by atoms with Gasteiger partial charge in [-0.3, -0.25) is 4.79 Å². The first-order valence-corrected chi connectivity index (χ1v) is 6.40. The SMILES string of the molecule is CCN(CC(C)(C)O)C(=O)c1ccc(C)cc1Cl. The molecule has 0 fully saturated rings. The molecule has 0 aromatic heterocycles. The number of benzene rings is 1. The van der Waals surface area contributed by atoms with Gasteiger partial charge in [0.1, 0.15) is 0 Å². The quantitative estimate of drug-likeness (QED) is 0.913. The topological polar surface area (TPSA) is 40.5 Å². The van der Waals surface area contributed by atoms with Gasteiger partial charge in [-0.15, -0.1) is 0 Å². The van der Waals surface area contributed by atoms with Gasteiger partial charge in [0.05, 0.1) is 16.2 Å². The minimum Gasteiger partial charge on any atom is -0.389 e. The maximum Gasteiger partial charge on any atom is 0.255 e. The van der Waals surface area contributed by atoms with Crippen LogP contribution < -0.4 is 0 Å². The van der Waals surface area contributed by atoms with Gasteiger partial charge >= 0.3 is 0 Å². The molecule has 0 unspecified atom stereocenters. The summed E-state index contributed by atoms with van der Waals surface area (Å²) in [5.74, 6) is -0.148. The third kappa shape index (κ3) is 4.00. The molecule has 4 heteroatoms. The lowest BCUT2D eigenvalue weighted by atomic mass is 10.1. The number of aliphatic hydroxyl groups is 1. The summed E-state index contributed by atoms with van der Waals surface area (Å²) in [6.07, 6.45) is 0. The number of halogens is 1. The van der Waals surface area contributed by atoms with Crippen molar-refractivity contribution in [1.82, 2.24) is 4.90 Å². The maximum atomic E-state index is 12.3. The van der Waals surface area contributed by atoms with Crippen molar-refractivity contribution >= 4 is 17.5 Å². The van der Waals surface area contributed by atoms with E-state index in [0.717, 1.165) is 5.56 Å².